The van der Waals surface area contributed by atoms with E-state index >= 15 is 0 Å². The number of amides is 1. The summed E-state index contributed by atoms with van der Waals surface area (Å²) in [5, 5.41) is 3.55. The van der Waals surface area contributed by atoms with E-state index in [0.717, 1.165) is 0 Å². The zero-order valence-corrected chi connectivity index (χ0v) is 11.1. The third-order valence-corrected chi connectivity index (χ3v) is 3.50. The fourth-order valence-corrected chi connectivity index (χ4v) is 2.38. The fraction of sp³-hybridized carbons (Fsp3) is 0.533. The lowest BCUT2D eigenvalue weighted by molar-refractivity contribution is -0.118. The van der Waals surface area contributed by atoms with Crippen molar-refractivity contribution in [3.05, 3.63) is 35.4 Å². The number of hydrogen-bond donors (Lipinski definition) is 2. The van der Waals surface area contributed by atoms with Crippen molar-refractivity contribution in [2.75, 3.05) is 0 Å². The highest BCUT2D eigenvalue weighted by Crippen LogP contribution is 2.41. The van der Waals surface area contributed by atoms with Gasteiger partial charge in [0.1, 0.15) is 0 Å². The lowest BCUT2D eigenvalue weighted by atomic mass is 10.00. The molecule has 0 saturated heterocycles. The summed E-state index contributed by atoms with van der Waals surface area (Å²) in [6.45, 7) is 4.12. The van der Waals surface area contributed by atoms with Gasteiger partial charge in [-0.3, -0.25) is 4.79 Å². The molecule has 18 heavy (non-hydrogen) atoms. The zero-order chi connectivity index (χ0) is 13.1. The predicted molar refractivity (Wildman–Crippen MR) is 73.1 cm³/mol. The fourth-order valence-electron chi connectivity index (χ4n) is 2.38. The molecule has 0 heterocycles. The van der Waals surface area contributed by atoms with Gasteiger partial charge in [0, 0.05) is 18.5 Å². The minimum Gasteiger partial charge on any atom is -0.370 e. The minimum absolute atomic E-state index is 0.134. The number of nitrogens with two attached hydrogens (primary N) is 1. The Bertz CT molecular complexity index is 409. The molecule has 3 nitrogen and oxygen atoms in total. The third kappa shape index (κ3) is 3.57. The molecule has 1 aromatic carbocycles. The van der Waals surface area contributed by atoms with Gasteiger partial charge in [-0.1, -0.05) is 29.8 Å². The van der Waals surface area contributed by atoms with Gasteiger partial charge >= 0.3 is 0 Å². The standard InChI is InChI=1S/C15H22N2O/c1-10-3-5-12(6-4-10)15(13-7-8-13)17-11(2)9-14(16)18/h3-6,11,13,15,17H,7-9H2,1-2H3,(H2,16,18). The summed E-state index contributed by atoms with van der Waals surface area (Å²) < 4.78 is 0. The molecule has 1 amide bonds. The Hall–Kier alpha value is -1.35. The Morgan fingerprint density at radius 1 is 1.39 bits per heavy atom. The van der Waals surface area contributed by atoms with E-state index in [1.807, 2.05) is 6.92 Å². The summed E-state index contributed by atoms with van der Waals surface area (Å²) in [6.07, 6.45) is 2.94. The highest BCUT2D eigenvalue weighted by molar-refractivity contribution is 5.74. The Balaban J connectivity index is 2.04. The Morgan fingerprint density at radius 3 is 2.50 bits per heavy atom. The van der Waals surface area contributed by atoms with Crippen LogP contribution >= 0.6 is 0 Å². The molecule has 0 aliphatic heterocycles. The molecule has 1 aliphatic rings. The zero-order valence-electron chi connectivity index (χ0n) is 11.1. The first kappa shape index (κ1) is 13.1. The average molecular weight is 246 g/mol. The number of carbonyl (C=O) groups is 1. The SMILES string of the molecule is Cc1ccc(C(NC(C)CC(N)=O)C2CC2)cc1. The highest BCUT2D eigenvalue weighted by atomic mass is 16.1. The Kier molecular flexibility index (Phi) is 4.02. The summed E-state index contributed by atoms with van der Waals surface area (Å²) in [4.78, 5) is 10.9. The van der Waals surface area contributed by atoms with Crippen molar-refractivity contribution in [1.29, 1.82) is 0 Å². The van der Waals surface area contributed by atoms with Gasteiger partial charge in [0.15, 0.2) is 0 Å². The first-order valence-electron chi connectivity index (χ1n) is 6.67. The van der Waals surface area contributed by atoms with Crippen LogP contribution < -0.4 is 11.1 Å². The number of aryl methyl sites for hydroxylation is 1. The summed E-state index contributed by atoms with van der Waals surface area (Å²) in [5.41, 5.74) is 7.84. The van der Waals surface area contributed by atoms with E-state index in [9.17, 15) is 4.79 Å². The molecule has 1 aromatic rings. The second-order valence-electron chi connectivity index (χ2n) is 5.46. The van der Waals surface area contributed by atoms with Crippen molar-refractivity contribution < 1.29 is 4.79 Å². The molecule has 0 spiro atoms. The van der Waals surface area contributed by atoms with Crippen LogP contribution in [0.1, 0.15) is 43.4 Å². The van der Waals surface area contributed by atoms with Crippen LogP contribution in [0, 0.1) is 12.8 Å². The average Bonchev–Trinajstić information content (AvgIpc) is 3.10. The molecular weight excluding hydrogens is 224 g/mol. The van der Waals surface area contributed by atoms with Crippen molar-refractivity contribution in [2.45, 2.75) is 45.2 Å². The lowest BCUT2D eigenvalue weighted by Crippen LogP contribution is -2.35. The van der Waals surface area contributed by atoms with Crippen molar-refractivity contribution in [3.63, 3.8) is 0 Å². The van der Waals surface area contributed by atoms with Crippen LogP contribution in [-0.4, -0.2) is 11.9 Å². The summed E-state index contributed by atoms with van der Waals surface area (Å²) in [6, 6.07) is 9.15. The molecule has 0 radical (unpaired) electrons. The van der Waals surface area contributed by atoms with Crippen molar-refractivity contribution in [1.82, 2.24) is 5.32 Å². The van der Waals surface area contributed by atoms with Gasteiger partial charge in [-0.25, -0.2) is 0 Å². The van der Waals surface area contributed by atoms with E-state index in [0.29, 0.717) is 18.4 Å². The maximum atomic E-state index is 10.9. The van der Waals surface area contributed by atoms with Crippen LogP contribution in [-0.2, 0) is 4.79 Å². The summed E-state index contributed by atoms with van der Waals surface area (Å²) >= 11 is 0. The maximum absolute atomic E-state index is 10.9. The van der Waals surface area contributed by atoms with Crippen LogP contribution in [0.2, 0.25) is 0 Å². The van der Waals surface area contributed by atoms with Crippen LogP contribution in [0.3, 0.4) is 0 Å². The number of nitrogens with one attached hydrogen (secondary N) is 1. The Morgan fingerprint density at radius 2 is 2.00 bits per heavy atom. The van der Waals surface area contributed by atoms with Gasteiger partial charge in [-0.2, -0.15) is 0 Å². The quantitative estimate of drug-likeness (QED) is 0.809. The lowest BCUT2D eigenvalue weighted by Gasteiger charge is -2.23. The molecular formula is C15H22N2O. The van der Waals surface area contributed by atoms with E-state index in [2.05, 4.69) is 36.5 Å². The maximum Gasteiger partial charge on any atom is 0.218 e. The number of benzene rings is 1. The highest BCUT2D eigenvalue weighted by Gasteiger charge is 2.32. The van der Waals surface area contributed by atoms with Gasteiger partial charge < -0.3 is 11.1 Å². The number of rotatable bonds is 6. The second-order valence-corrected chi connectivity index (χ2v) is 5.46. The minimum atomic E-state index is -0.242. The smallest absolute Gasteiger partial charge is 0.218 e. The van der Waals surface area contributed by atoms with Crippen LogP contribution in [0.25, 0.3) is 0 Å². The summed E-state index contributed by atoms with van der Waals surface area (Å²) in [5.74, 6) is 0.469. The molecule has 2 atom stereocenters. The van der Waals surface area contributed by atoms with E-state index in [4.69, 9.17) is 5.73 Å². The molecule has 1 aliphatic carbocycles. The van der Waals surface area contributed by atoms with Crippen LogP contribution in [0.5, 0.6) is 0 Å². The second kappa shape index (κ2) is 5.53. The number of primary amides is 1. The molecule has 2 rings (SSSR count). The molecule has 3 heteroatoms. The largest absolute Gasteiger partial charge is 0.370 e. The monoisotopic (exact) mass is 246 g/mol. The normalized spacial score (nSPS) is 18.3. The van der Waals surface area contributed by atoms with E-state index in [1.165, 1.54) is 24.0 Å². The van der Waals surface area contributed by atoms with Gasteiger partial charge in [0.05, 0.1) is 0 Å². The van der Waals surface area contributed by atoms with E-state index in [-0.39, 0.29) is 11.9 Å². The van der Waals surface area contributed by atoms with Crippen molar-refractivity contribution >= 4 is 5.91 Å². The van der Waals surface area contributed by atoms with Crippen molar-refractivity contribution in [3.8, 4) is 0 Å². The van der Waals surface area contributed by atoms with Crippen LogP contribution in [0.15, 0.2) is 24.3 Å². The van der Waals surface area contributed by atoms with Crippen molar-refractivity contribution in [2.24, 2.45) is 11.7 Å². The number of carbonyl (C=O) groups excluding carboxylic acids is 1. The topological polar surface area (TPSA) is 55.1 Å². The summed E-state index contributed by atoms with van der Waals surface area (Å²) in [7, 11) is 0. The molecule has 3 N–H and O–H groups in total. The van der Waals surface area contributed by atoms with Gasteiger partial charge in [0.2, 0.25) is 5.91 Å². The number of hydrogen-bond acceptors (Lipinski definition) is 2. The molecule has 98 valence electrons. The molecule has 1 fully saturated rings. The third-order valence-electron chi connectivity index (χ3n) is 3.50. The predicted octanol–water partition coefficient (Wildman–Crippen LogP) is 2.30. The van der Waals surface area contributed by atoms with Crippen LogP contribution in [0.4, 0.5) is 0 Å². The molecule has 0 aromatic heterocycles. The molecule has 0 bridgehead atoms. The van der Waals surface area contributed by atoms with E-state index in [1.54, 1.807) is 0 Å². The molecule has 2 unspecified atom stereocenters. The van der Waals surface area contributed by atoms with Gasteiger partial charge in [0.25, 0.3) is 0 Å². The molecule has 1 saturated carbocycles. The van der Waals surface area contributed by atoms with Gasteiger partial charge in [-0.15, -0.1) is 0 Å². The first-order valence-corrected chi connectivity index (χ1v) is 6.67. The Labute approximate surface area is 109 Å². The van der Waals surface area contributed by atoms with E-state index < -0.39 is 0 Å². The first-order chi connectivity index (χ1) is 8.56. The van der Waals surface area contributed by atoms with Gasteiger partial charge in [-0.05, 0) is 38.2 Å².